The molecule has 0 amide bonds. The smallest absolute Gasteiger partial charge is 0.207 e. The lowest BCUT2D eigenvalue weighted by atomic mass is 10.3. The molecule has 1 aromatic heterocycles. The molecule has 0 saturated carbocycles. The third-order valence-corrected chi connectivity index (χ3v) is 2.46. The Balaban J connectivity index is 2.33. The summed E-state index contributed by atoms with van der Waals surface area (Å²) in [5.74, 6) is -3.58. The van der Waals surface area contributed by atoms with E-state index in [2.05, 4.69) is 16.9 Å². The van der Waals surface area contributed by atoms with Crippen LogP contribution in [0.15, 0.2) is 31.0 Å². The van der Waals surface area contributed by atoms with Crippen LogP contribution in [0.5, 0.6) is 0 Å². The largest absolute Gasteiger partial charge is 0.325 e. The zero-order chi connectivity index (χ0) is 14.0. The number of nitrogens with zero attached hydrogens (tertiary/aromatic N) is 2. The van der Waals surface area contributed by atoms with E-state index in [0.717, 1.165) is 17.8 Å². The molecule has 0 aliphatic rings. The highest BCUT2D eigenvalue weighted by molar-refractivity contribution is 5.54. The van der Waals surface area contributed by atoms with Crippen LogP contribution in [0.3, 0.4) is 0 Å². The van der Waals surface area contributed by atoms with Gasteiger partial charge in [0.2, 0.25) is 5.95 Å². The first-order valence-corrected chi connectivity index (χ1v) is 5.57. The van der Waals surface area contributed by atoms with Crippen LogP contribution in [0.2, 0.25) is 0 Å². The second kappa shape index (κ2) is 5.17. The van der Waals surface area contributed by atoms with Crippen molar-refractivity contribution in [3.05, 3.63) is 54.1 Å². The fraction of sp³-hybridized carbons (Fsp3) is 0.154. The van der Waals surface area contributed by atoms with Crippen molar-refractivity contribution in [3.63, 3.8) is 0 Å². The van der Waals surface area contributed by atoms with Crippen molar-refractivity contribution in [2.45, 2.75) is 13.5 Å². The molecule has 1 aromatic carbocycles. The Morgan fingerprint density at radius 1 is 1.32 bits per heavy atom. The van der Waals surface area contributed by atoms with Crippen molar-refractivity contribution in [3.8, 4) is 0 Å². The highest BCUT2D eigenvalue weighted by atomic mass is 19.2. The molecule has 0 unspecified atom stereocenters. The maximum absolute atomic E-state index is 13.1. The number of halogens is 3. The van der Waals surface area contributed by atoms with Crippen molar-refractivity contribution in [1.82, 2.24) is 9.55 Å². The average Bonchev–Trinajstić information content (AvgIpc) is 2.67. The van der Waals surface area contributed by atoms with Gasteiger partial charge in [-0.25, -0.2) is 18.2 Å². The van der Waals surface area contributed by atoms with Crippen LogP contribution >= 0.6 is 0 Å². The van der Waals surface area contributed by atoms with Gasteiger partial charge in [0.25, 0.3) is 0 Å². The summed E-state index contributed by atoms with van der Waals surface area (Å²) in [6, 6.07) is 1.75. The minimum Gasteiger partial charge on any atom is -0.325 e. The van der Waals surface area contributed by atoms with E-state index < -0.39 is 17.5 Å². The van der Waals surface area contributed by atoms with Crippen LogP contribution in [-0.2, 0) is 6.54 Å². The first-order valence-electron chi connectivity index (χ1n) is 5.57. The Morgan fingerprint density at radius 2 is 1.95 bits per heavy atom. The number of benzene rings is 1. The molecule has 2 rings (SSSR count). The number of anilines is 2. The topological polar surface area (TPSA) is 29.9 Å². The van der Waals surface area contributed by atoms with Crippen LogP contribution in [0, 0.1) is 24.4 Å². The Kier molecular flexibility index (Phi) is 3.59. The van der Waals surface area contributed by atoms with Crippen molar-refractivity contribution < 1.29 is 13.2 Å². The Hall–Kier alpha value is -2.24. The number of nitrogens with one attached hydrogen (secondary N) is 1. The minimum atomic E-state index is -1.49. The lowest BCUT2D eigenvalue weighted by molar-refractivity contribution is 0.448. The summed E-state index contributed by atoms with van der Waals surface area (Å²) in [7, 11) is 0. The van der Waals surface area contributed by atoms with Gasteiger partial charge >= 0.3 is 0 Å². The van der Waals surface area contributed by atoms with E-state index in [0.29, 0.717) is 12.5 Å². The van der Waals surface area contributed by atoms with Crippen LogP contribution in [0.1, 0.15) is 5.69 Å². The van der Waals surface area contributed by atoms with Crippen LogP contribution in [-0.4, -0.2) is 9.55 Å². The van der Waals surface area contributed by atoms with Gasteiger partial charge in [-0.05, 0) is 6.92 Å². The number of hydrogen-bond donors (Lipinski definition) is 1. The summed E-state index contributed by atoms with van der Waals surface area (Å²) in [6.45, 7) is 5.89. The van der Waals surface area contributed by atoms with Gasteiger partial charge in [-0.3, -0.25) is 0 Å². The molecule has 3 nitrogen and oxygen atoms in total. The molecule has 0 spiro atoms. The van der Waals surface area contributed by atoms with Gasteiger partial charge < -0.3 is 9.88 Å². The third-order valence-electron chi connectivity index (χ3n) is 2.46. The number of aryl methyl sites for hydroxylation is 1. The van der Waals surface area contributed by atoms with E-state index in [1.165, 1.54) is 0 Å². The number of rotatable bonds is 4. The molecule has 0 fully saturated rings. The zero-order valence-corrected chi connectivity index (χ0v) is 10.3. The summed E-state index contributed by atoms with van der Waals surface area (Å²) in [4.78, 5) is 4.17. The lowest BCUT2D eigenvalue weighted by Gasteiger charge is -2.08. The maximum atomic E-state index is 13.1. The van der Waals surface area contributed by atoms with Gasteiger partial charge in [0.15, 0.2) is 17.5 Å². The zero-order valence-electron chi connectivity index (χ0n) is 10.3. The lowest BCUT2D eigenvalue weighted by Crippen LogP contribution is -2.03. The summed E-state index contributed by atoms with van der Waals surface area (Å²) in [5, 5.41) is 2.74. The fourth-order valence-electron chi connectivity index (χ4n) is 1.68. The Labute approximate surface area is 108 Å². The first kappa shape index (κ1) is 13.2. The van der Waals surface area contributed by atoms with Gasteiger partial charge in [-0.15, -0.1) is 6.58 Å². The summed E-state index contributed by atoms with van der Waals surface area (Å²) in [6.07, 6.45) is 3.43. The summed E-state index contributed by atoms with van der Waals surface area (Å²) in [5.41, 5.74) is 0.833. The predicted molar refractivity (Wildman–Crippen MR) is 66.8 cm³/mol. The van der Waals surface area contributed by atoms with E-state index in [1.54, 1.807) is 23.8 Å². The van der Waals surface area contributed by atoms with Crippen molar-refractivity contribution in [2.24, 2.45) is 0 Å². The van der Waals surface area contributed by atoms with Crippen molar-refractivity contribution in [2.75, 3.05) is 5.32 Å². The normalized spacial score (nSPS) is 10.5. The second-order valence-electron chi connectivity index (χ2n) is 4.03. The first-order chi connectivity index (χ1) is 9.01. The quantitative estimate of drug-likeness (QED) is 0.678. The van der Waals surface area contributed by atoms with Gasteiger partial charge in [0, 0.05) is 30.6 Å². The molecule has 0 bridgehead atoms. The molecule has 0 radical (unpaired) electrons. The standard InChI is InChI=1S/C13H12F3N3/c1-3-4-19-7-8(2)17-13(19)18-9-5-10(14)12(16)11(15)6-9/h3,5-7H,1,4H2,2H3,(H,17,18). The molecular weight excluding hydrogens is 255 g/mol. The minimum absolute atomic E-state index is 0.0901. The van der Waals surface area contributed by atoms with Crippen LogP contribution in [0.4, 0.5) is 24.8 Å². The Morgan fingerprint density at radius 3 is 2.53 bits per heavy atom. The molecule has 2 aromatic rings. The van der Waals surface area contributed by atoms with E-state index >= 15 is 0 Å². The SMILES string of the molecule is C=CCn1cc(C)nc1Nc1cc(F)c(F)c(F)c1. The fourth-order valence-corrected chi connectivity index (χ4v) is 1.68. The van der Waals surface area contributed by atoms with E-state index in [1.807, 2.05) is 0 Å². The van der Waals surface area contributed by atoms with Gasteiger partial charge in [-0.2, -0.15) is 0 Å². The van der Waals surface area contributed by atoms with E-state index in [4.69, 9.17) is 0 Å². The molecule has 1 N–H and O–H groups in total. The molecular formula is C13H12F3N3. The van der Waals surface area contributed by atoms with Crippen molar-refractivity contribution >= 4 is 11.6 Å². The number of hydrogen-bond acceptors (Lipinski definition) is 2. The van der Waals surface area contributed by atoms with Gasteiger partial charge in [-0.1, -0.05) is 6.08 Å². The van der Waals surface area contributed by atoms with Crippen LogP contribution in [0.25, 0.3) is 0 Å². The third kappa shape index (κ3) is 2.78. The molecule has 1 heterocycles. The summed E-state index contributed by atoms with van der Waals surface area (Å²) >= 11 is 0. The highest BCUT2D eigenvalue weighted by Gasteiger charge is 2.12. The molecule has 0 saturated heterocycles. The average molecular weight is 267 g/mol. The van der Waals surface area contributed by atoms with E-state index in [9.17, 15) is 13.2 Å². The Bertz CT molecular complexity index is 597. The molecule has 0 aliphatic heterocycles. The molecule has 100 valence electrons. The monoisotopic (exact) mass is 267 g/mol. The second-order valence-corrected chi connectivity index (χ2v) is 4.03. The highest BCUT2D eigenvalue weighted by Crippen LogP contribution is 2.21. The number of imidazole rings is 1. The molecule has 0 atom stereocenters. The van der Waals surface area contributed by atoms with Gasteiger partial charge in [0.05, 0.1) is 5.69 Å². The van der Waals surface area contributed by atoms with Gasteiger partial charge in [0.1, 0.15) is 0 Å². The molecule has 19 heavy (non-hydrogen) atoms. The molecule has 6 heteroatoms. The summed E-state index contributed by atoms with van der Waals surface area (Å²) < 4.78 is 40.8. The van der Waals surface area contributed by atoms with Crippen LogP contribution < -0.4 is 5.32 Å². The predicted octanol–water partition coefficient (Wildman–Crippen LogP) is 3.54. The maximum Gasteiger partial charge on any atom is 0.207 e. The molecule has 0 aliphatic carbocycles. The van der Waals surface area contributed by atoms with E-state index in [-0.39, 0.29) is 5.69 Å². The number of allylic oxidation sites excluding steroid dienone is 1. The number of aromatic nitrogens is 2. The van der Waals surface area contributed by atoms with Crippen molar-refractivity contribution in [1.29, 1.82) is 0 Å².